The predicted molar refractivity (Wildman–Crippen MR) is 43.6 cm³/mol. The number of aliphatic carboxylic acids is 1. The molecule has 2 rings (SSSR count). The number of rotatable bonds is 1. The molecule has 2 aliphatic carbocycles. The molecule has 0 amide bonds. The van der Waals surface area contributed by atoms with E-state index in [4.69, 9.17) is 10.9 Å². The number of hydrogen-bond donors (Lipinski definition) is 2. The number of carboxylic acid groups (broad SMARTS) is 1. The fourth-order valence-electron chi connectivity index (χ4n) is 2.63. The van der Waals surface area contributed by atoms with Gasteiger partial charge in [0, 0.05) is 11.6 Å². The van der Waals surface area contributed by atoms with Crippen LogP contribution in [0.3, 0.4) is 0 Å². The lowest BCUT2D eigenvalue weighted by atomic mass is 9.98. The SMILES string of the molecule is N/N=C1/CC2CCC1C2C(=O)O. The second-order valence-corrected chi connectivity index (χ2v) is 3.63. The molecule has 0 aromatic carbocycles. The minimum atomic E-state index is -0.679. The molecule has 3 atom stereocenters. The standard InChI is InChI=1S/C8H12N2O2/c9-10-6-3-4-1-2-5(6)7(4)8(11)12/h4-5,7H,1-3,9H2,(H,11,12)/b10-6-. The molecule has 2 saturated carbocycles. The molecule has 2 bridgehead atoms. The van der Waals surface area contributed by atoms with E-state index in [-0.39, 0.29) is 11.8 Å². The van der Waals surface area contributed by atoms with E-state index in [1.54, 1.807) is 0 Å². The molecule has 4 nitrogen and oxygen atoms in total. The van der Waals surface area contributed by atoms with Gasteiger partial charge in [0.05, 0.1) is 5.92 Å². The Labute approximate surface area is 70.4 Å². The maximum atomic E-state index is 10.8. The quantitative estimate of drug-likeness (QED) is 0.440. The van der Waals surface area contributed by atoms with Gasteiger partial charge in [-0.25, -0.2) is 0 Å². The van der Waals surface area contributed by atoms with E-state index in [0.717, 1.165) is 25.0 Å². The van der Waals surface area contributed by atoms with Crippen molar-refractivity contribution < 1.29 is 9.90 Å². The molecule has 2 fully saturated rings. The molecule has 66 valence electrons. The van der Waals surface area contributed by atoms with Crippen molar-refractivity contribution in [2.45, 2.75) is 19.3 Å². The van der Waals surface area contributed by atoms with Crippen molar-refractivity contribution in [1.29, 1.82) is 0 Å². The lowest BCUT2D eigenvalue weighted by molar-refractivity contribution is -0.143. The predicted octanol–water partition coefficient (Wildman–Crippen LogP) is 0.432. The molecule has 2 aliphatic rings. The summed E-state index contributed by atoms with van der Waals surface area (Å²) in [5, 5.41) is 12.6. The summed E-state index contributed by atoms with van der Waals surface area (Å²) in [7, 11) is 0. The fourth-order valence-corrected chi connectivity index (χ4v) is 2.63. The molecule has 0 radical (unpaired) electrons. The lowest BCUT2D eigenvalue weighted by Gasteiger charge is -2.09. The van der Waals surface area contributed by atoms with E-state index in [2.05, 4.69) is 5.10 Å². The topological polar surface area (TPSA) is 75.7 Å². The fraction of sp³-hybridized carbons (Fsp3) is 0.750. The zero-order chi connectivity index (χ0) is 8.72. The second kappa shape index (κ2) is 2.47. The van der Waals surface area contributed by atoms with Crippen molar-refractivity contribution in [3.05, 3.63) is 0 Å². The summed E-state index contributed by atoms with van der Waals surface area (Å²) in [6.45, 7) is 0. The van der Waals surface area contributed by atoms with Crippen molar-refractivity contribution in [1.82, 2.24) is 0 Å². The van der Waals surface area contributed by atoms with Gasteiger partial charge in [-0.3, -0.25) is 4.79 Å². The molecular weight excluding hydrogens is 156 g/mol. The van der Waals surface area contributed by atoms with Crippen LogP contribution in [-0.2, 0) is 4.79 Å². The van der Waals surface area contributed by atoms with Crippen LogP contribution in [0.5, 0.6) is 0 Å². The van der Waals surface area contributed by atoms with Gasteiger partial charge < -0.3 is 10.9 Å². The van der Waals surface area contributed by atoms with Crippen LogP contribution in [0.1, 0.15) is 19.3 Å². The number of hydrazone groups is 1. The number of fused-ring (bicyclic) bond motifs is 2. The Balaban J connectivity index is 2.25. The number of nitrogens with two attached hydrogens (primary N) is 1. The molecular formula is C8H12N2O2. The highest BCUT2D eigenvalue weighted by Crippen LogP contribution is 2.47. The number of carbonyl (C=O) groups is 1. The van der Waals surface area contributed by atoms with E-state index in [1.807, 2.05) is 0 Å². The maximum Gasteiger partial charge on any atom is 0.307 e. The molecule has 4 heteroatoms. The first kappa shape index (κ1) is 7.58. The van der Waals surface area contributed by atoms with Crippen LogP contribution in [0.15, 0.2) is 5.10 Å². The molecule has 3 N–H and O–H groups in total. The third-order valence-corrected chi connectivity index (χ3v) is 3.14. The van der Waals surface area contributed by atoms with Crippen LogP contribution in [0.2, 0.25) is 0 Å². The average molecular weight is 168 g/mol. The highest BCUT2D eigenvalue weighted by Gasteiger charge is 2.49. The van der Waals surface area contributed by atoms with Gasteiger partial charge >= 0.3 is 5.97 Å². The molecule has 0 spiro atoms. The average Bonchev–Trinajstić information content (AvgIpc) is 2.59. The lowest BCUT2D eigenvalue weighted by Crippen LogP contribution is -2.20. The van der Waals surface area contributed by atoms with Gasteiger partial charge in [-0.05, 0) is 25.2 Å². The van der Waals surface area contributed by atoms with Gasteiger partial charge in [-0.15, -0.1) is 0 Å². The van der Waals surface area contributed by atoms with Gasteiger partial charge in [0.2, 0.25) is 0 Å². The zero-order valence-electron chi connectivity index (χ0n) is 6.73. The van der Waals surface area contributed by atoms with E-state index in [0.29, 0.717) is 5.92 Å². The Morgan fingerprint density at radius 3 is 2.75 bits per heavy atom. The Morgan fingerprint density at radius 2 is 2.33 bits per heavy atom. The third kappa shape index (κ3) is 0.838. The Kier molecular flexibility index (Phi) is 1.56. The normalized spacial score (nSPS) is 42.3. The number of carboxylic acids is 1. The summed E-state index contributed by atoms with van der Waals surface area (Å²) in [5.41, 5.74) is 0.915. The molecule has 3 unspecified atom stereocenters. The van der Waals surface area contributed by atoms with Crippen molar-refractivity contribution in [3.63, 3.8) is 0 Å². The first-order chi connectivity index (χ1) is 5.74. The first-order valence-corrected chi connectivity index (χ1v) is 4.23. The Morgan fingerprint density at radius 1 is 1.58 bits per heavy atom. The zero-order valence-corrected chi connectivity index (χ0v) is 6.73. The molecule has 0 aromatic rings. The summed E-state index contributed by atoms with van der Waals surface area (Å²) in [6.07, 6.45) is 2.79. The number of hydrogen-bond acceptors (Lipinski definition) is 3. The molecule has 0 aliphatic heterocycles. The summed E-state index contributed by atoms with van der Waals surface area (Å²) in [6, 6.07) is 0. The van der Waals surface area contributed by atoms with Crippen molar-refractivity contribution in [3.8, 4) is 0 Å². The van der Waals surface area contributed by atoms with Crippen molar-refractivity contribution >= 4 is 11.7 Å². The highest BCUT2D eigenvalue weighted by atomic mass is 16.4. The van der Waals surface area contributed by atoms with E-state index < -0.39 is 5.97 Å². The largest absolute Gasteiger partial charge is 0.481 e. The van der Waals surface area contributed by atoms with Crippen LogP contribution in [0, 0.1) is 17.8 Å². The summed E-state index contributed by atoms with van der Waals surface area (Å²) < 4.78 is 0. The van der Waals surface area contributed by atoms with Crippen LogP contribution in [-0.4, -0.2) is 16.8 Å². The highest BCUT2D eigenvalue weighted by molar-refractivity contribution is 5.95. The summed E-state index contributed by atoms with van der Waals surface area (Å²) >= 11 is 0. The molecule has 12 heavy (non-hydrogen) atoms. The maximum absolute atomic E-state index is 10.8. The van der Waals surface area contributed by atoms with E-state index >= 15 is 0 Å². The molecule has 0 aromatic heterocycles. The van der Waals surface area contributed by atoms with Gasteiger partial charge in [0.1, 0.15) is 0 Å². The Bertz CT molecular complexity index is 249. The summed E-state index contributed by atoms with van der Waals surface area (Å²) in [4.78, 5) is 10.8. The third-order valence-electron chi connectivity index (χ3n) is 3.14. The minimum Gasteiger partial charge on any atom is -0.481 e. The molecule has 0 heterocycles. The van der Waals surface area contributed by atoms with Crippen molar-refractivity contribution in [2.24, 2.45) is 28.7 Å². The minimum absolute atomic E-state index is 0.137. The van der Waals surface area contributed by atoms with Gasteiger partial charge in [-0.1, -0.05) is 0 Å². The van der Waals surface area contributed by atoms with Crippen LogP contribution in [0.4, 0.5) is 0 Å². The van der Waals surface area contributed by atoms with E-state index in [1.165, 1.54) is 0 Å². The van der Waals surface area contributed by atoms with Crippen molar-refractivity contribution in [2.75, 3.05) is 0 Å². The Hall–Kier alpha value is -1.06. The smallest absolute Gasteiger partial charge is 0.307 e. The monoisotopic (exact) mass is 168 g/mol. The second-order valence-electron chi connectivity index (χ2n) is 3.63. The van der Waals surface area contributed by atoms with E-state index in [9.17, 15) is 4.79 Å². The summed E-state index contributed by atoms with van der Waals surface area (Å²) in [5.74, 6) is 4.73. The van der Waals surface area contributed by atoms with Crippen LogP contribution in [0.25, 0.3) is 0 Å². The number of nitrogens with zero attached hydrogens (tertiary/aromatic N) is 1. The van der Waals surface area contributed by atoms with Crippen LogP contribution >= 0.6 is 0 Å². The van der Waals surface area contributed by atoms with Crippen LogP contribution < -0.4 is 5.84 Å². The van der Waals surface area contributed by atoms with Gasteiger partial charge in [0.25, 0.3) is 0 Å². The first-order valence-electron chi connectivity index (χ1n) is 4.23. The van der Waals surface area contributed by atoms with Gasteiger partial charge in [-0.2, -0.15) is 5.10 Å². The van der Waals surface area contributed by atoms with Gasteiger partial charge in [0.15, 0.2) is 0 Å². The molecule has 0 saturated heterocycles.